The number of carbonyl (C=O) groups excluding carboxylic acids is 1. The smallest absolute Gasteiger partial charge is 0.416 e. The molecule has 7 nitrogen and oxygen atoms in total. The molecule has 1 heterocycles. The fourth-order valence-electron chi connectivity index (χ4n) is 4.12. The summed E-state index contributed by atoms with van der Waals surface area (Å²) in [6, 6.07) is 11.9. The van der Waals surface area contributed by atoms with Crippen molar-refractivity contribution in [1.29, 1.82) is 0 Å². The number of ketones is 1. The molecule has 1 atom stereocenters. The number of aromatic amines is 1. The molecular formula is C27H23ClF3IN2O5. The molecule has 0 aliphatic carbocycles. The molecule has 12 heteroatoms. The minimum atomic E-state index is -4.58. The summed E-state index contributed by atoms with van der Waals surface area (Å²) in [5.74, 6) is 0.642. The highest BCUT2D eigenvalue weighted by Gasteiger charge is 2.34. The molecule has 0 spiro atoms. The number of ether oxygens (including phenoxy) is 3. The number of hydrogen-bond donors (Lipinski definition) is 2. The van der Waals surface area contributed by atoms with Crippen molar-refractivity contribution in [2.45, 2.75) is 12.2 Å². The summed E-state index contributed by atoms with van der Waals surface area (Å²) >= 11 is 8.14. The van der Waals surface area contributed by atoms with Crippen molar-refractivity contribution < 1.29 is 37.3 Å². The molecule has 0 radical (unpaired) electrons. The Hall–Kier alpha value is -3.16. The number of H-pyrrole nitrogens is 1. The van der Waals surface area contributed by atoms with Crippen LogP contribution < -0.4 is 17.3 Å². The molecule has 4 aromatic rings. The van der Waals surface area contributed by atoms with Crippen LogP contribution in [-0.2, 0) is 6.18 Å². The first-order valence-electron chi connectivity index (χ1n) is 11.5. The van der Waals surface area contributed by atoms with Crippen molar-refractivity contribution in [3.63, 3.8) is 0 Å². The second kappa shape index (κ2) is 11.9. The number of nitrogens with zero attached hydrogens (tertiary/aromatic N) is 1. The molecule has 0 aliphatic heterocycles. The number of aliphatic hydroxyl groups excluding tert-OH is 1. The van der Waals surface area contributed by atoms with Crippen molar-refractivity contribution in [2.24, 2.45) is 0 Å². The maximum Gasteiger partial charge on any atom is 0.416 e. The van der Waals surface area contributed by atoms with E-state index >= 15 is 0 Å². The third-order valence-corrected chi connectivity index (χ3v) is 7.30. The molecule has 0 amide bonds. The molecule has 3 aromatic carbocycles. The first-order valence-corrected chi connectivity index (χ1v) is 12.9. The number of rotatable bonds is 10. The summed E-state index contributed by atoms with van der Waals surface area (Å²) < 4.78 is 58.6. The molecule has 1 aromatic heterocycles. The van der Waals surface area contributed by atoms with Crippen LogP contribution in [0.15, 0.2) is 60.8 Å². The molecule has 2 N–H and O–H groups in total. The van der Waals surface area contributed by atoms with Crippen molar-refractivity contribution in [3.8, 4) is 17.2 Å². The number of halogens is 5. The number of aromatic nitrogens is 1. The fraction of sp³-hybridized carbons (Fsp3) is 0.222. The number of alkyl halides is 3. The highest BCUT2D eigenvalue weighted by atomic mass is 127. The summed E-state index contributed by atoms with van der Waals surface area (Å²) in [6.45, 7) is -0.165. The van der Waals surface area contributed by atoms with Gasteiger partial charge in [-0.2, -0.15) is 13.2 Å². The highest BCUT2D eigenvalue weighted by molar-refractivity contribution is 14.1. The molecule has 0 bridgehead atoms. The Morgan fingerprint density at radius 1 is 1.08 bits per heavy atom. The first kappa shape index (κ1) is 28.8. The summed E-state index contributed by atoms with van der Waals surface area (Å²) in [5.41, 5.74) is 0.514. The van der Waals surface area contributed by atoms with Gasteiger partial charge in [-0.05, 0) is 30.3 Å². The lowest BCUT2D eigenvalue weighted by Crippen LogP contribution is -2.27. The van der Waals surface area contributed by atoms with E-state index < -0.39 is 23.6 Å². The number of methoxy groups -OCH3 is 2. The predicted octanol–water partition coefficient (Wildman–Crippen LogP) is 7.01. The van der Waals surface area contributed by atoms with Crippen LogP contribution in [0.2, 0.25) is 5.02 Å². The van der Waals surface area contributed by atoms with Crippen LogP contribution >= 0.6 is 34.5 Å². The predicted molar refractivity (Wildman–Crippen MR) is 150 cm³/mol. The normalized spacial score (nSPS) is 12.3. The van der Waals surface area contributed by atoms with Gasteiger partial charge < -0.3 is 24.3 Å². The van der Waals surface area contributed by atoms with E-state index in [2.05, 4.69) is 4.98 Å². The van der Waals surface area contributed by atoms with Crippen LogP contribution in [0.1, 0.15) is 27.5 Å². The monoisotopic (exact) mass is 674 g/mol. The molecule has 0 aliphatic rings. The molecule has 0 fully saturated rings. The SMILES string of the molecule is COc1cc(OCCO)cc(N(I)C(C(=O)c2c[nH]c3ccc(C(F)(F)F)cc23)c2ccc(Cl)cc2OC)c1. The summed E-state index contributed by atoms with van der Waals surface area (Å²) in [6.07, 6.45) is -3.18. The van der Waals surface area contributed by atoms with Gasteiger partial charge in [-0.3, -0.25) is 7.91 Å². The number of aliphatic hydroxyl groups is 1. The average molecular weight is 675 g/mol. The molecule has 0 saturated heterocycles. The zero-order chi connectivity index (χ0) is 28.3. The number of anilines is 1. The van der Waals surface area contributed by atoms with Gasteiger partial charge in [-0.25, -0.2) is 0 Å². The van der Waals surface area contributed by atoms with Gasteiger partial charge in [0.2, 0.25) is 0 Å². The van der Waals surface area contributed by atoms with E-state index in [9.17, 15) is 23.1 Å². The standard InChI is InChI=1S/C27H23ClF3IN2O5/c1-37-18-11-17(12-19(13-18)39-8-7-35)34(32)25(20-5-4-16(28)10-24(20)38-2)26(36)22-14-33-23-6-3-15(9-21(22)23)27(29,30)31/h3-6,9-14,25,33,35H,7-8H2,1-2H3. The second-order valence-electron chi connectivity index (χ2n) is 8.36. The van der Waals surface area contributed by atoms with Gasteiger partial charge in [-0.15, -0.1) is 0 Å². The number of carbonyl (C=O) groups is 1. The third kappa shape index (κ3) is 6.20. The largest absolute Gasteiger partial charge is 0.497 e. The Labute approximate surface area is 240 Å². The molecule has 4 rings (SSSR count). The van der Waals surface area contributed by atoms with E-state index in [1.54, 1.807) is 39.5 Å². The quantitative estimate of drug-likeness (QED) is 0.107. The van der Waals surface area contributed by atoms with E-state index in [4.69, 9.17) is 25.8 Å². The van der Waals surface area contributed by atoms with Crippen LogP contribution in [0.3, 0.4) is 0 Å². The zero-order valence-electron chi connectivity index (χ0n) is 20.7. The number of nitrogens with one attached hydrogen (secondary N) is 1. The summed E-state index contributed by atoms with van der Waals surface area (Å²) in [4.78, 5) is 17.1. The van der Waals surface area contributed by atoms with E-state index in [1.165, 1.54) is 26.5 Å². The summed E-state index contributed by atoms with van der Waals surface area (Å²) in [7, 11) is 2.91. The van der Waals surface area contributed by atoms with Crippen molar-refractivity contribution >= 4 is 56.8 Å². The van der Waals surface area contributed by atoms with E-state index in [-0.39, 0.29) is 24.2 Å². The molecule has 206 valence electrons. The van der Waals surface area contributed by atoms with Gasteiger partial charge in [0.25, 0.3) is 0 Å². The number of hydrogen-bond acceptors (Lipinski definition) is 6. The van der Waals surface area contributed by atoms with E-state index in [0.717, 1.165) is 12.1 Å². The maximum absolute atomic E-state index is 14.2. The van der Waals surface area contributed by atoms with Crippen LogP contribution in [0.4, 0.5) is 18.9 Å². The Balaban J connectivity index is 1.89. The highest BCUT2D eigenvalue weighted by Crippen LogP contribution is 2.42. The van der Waals surface area contributed by atoms with Gasteiger partial charge >= 0.3 is 6.18 Å². The molecular weight excluding hydrogens is 652 g/mol. The van der Waals surface area contributed by atoms with Crippen molar-refractivity contribution in [1.82, 2.24) is 4.98 Å². The number of fused-ring (bicyclic) bond motifs is 1. The fourth-order valence-corrected chi connectivity index (χ4v) is 5.11. The van der Waals surface area contributed by atoms with Gasteiger partial charge in [0.15, 0.2) is 5.78 Å². The lowest BCUT2D eigenvalue weighted by atomic mass is 9.95. The van der Waals surface area contributed by atoms with Crippen molar-refractivity contribution in [3.05, 3.63) is 82.5 Å². The first-order chi connectivity index (χ1) is 18.6. The third-order valence-electron chi connectivity index (χ3n) is 5.95. The van der Waals surface area contributed by atoms with Gasteiger partial charge in [0.1, 0.15) is 29.9 Å². The van der Waals surface area contributed by atoms with Gasteiger partial charge in [0.05, 0.1) is 54.9 Å². The maximum atomic E-state index is 14.2. The van der Waals surface area contributed by atoms with Crippen LogP contribution in [-0.4, -0.2) is 43.3 Å². The molecule has 0 saturated carbocycles. The lowest BCUT2D eigenvalue weighted by Gasteiger charge is -2.29. The van der Waals surface area contributed by atoms with Gasteiger partial charge in [0, 0.05) is 51.4 Å². The van der Waals surface area contributed by atoms with Crippen LogP contribution in [0.5, 0.6) is 17.2 Å². The zero-order valence-corrected chi connectivity index (χ0v) is 23.6. The average Bonchev–Trinajstić information content (AvgIpc) is 3.35. The van der Waals surface area contributed by atoms with Gasteiger partial charge in [-0.1, -0.05) is 17.7 Å². The van der Waals surface area contributed by atoms with Crippen LogP contribution in [0.25, 0.3) is 10.9 Å². The number of benzene rings is 3. The van der Waals surface area contributed by atoms with Crippen molar-refractivity contribution in [2.75, 3.05) is 30.5 Å². The minimum Gasteiger partial charge on any atom is -0.497 e. The Morgan fingerprint density at radius 3 is 2.49 bits per heavy atom. The molecule has 39 heavy (non-hydrogen) atoms. The Bertz CT molecular complexity index is 1490. The van der Waals surface area contributed by atoms with E-state index in [1.807, 2.05) is 22.9 Å². The van der Waals surface area contributed by atoms with E-state index in [0.29, 0.717) is 39.0 Å². The second-order valence-corrected chi connectivity index (χ2v) is 9.84. The summed E-state index contributed by atoms with van der Waals surface area (Å²) in [5, 5.41) is 9.69. The Kier molecular flexibility index (Phi) is 8.82. The van der Waals surface area contributed by atoms with Crippen LogP contribution in [0, 0.1) is 0 Å². The Morgan fingerprint density at radius 2 is 1.82 bits per heavy atom. The number of Topliss-reactive ketones (excluding diaryl/α,β-unsaturated/α-hetero) is 1. The topological polar surface area (TPSA) is 84.0 Å². The lowest BCUT2D eigenvalue weighted by molar-refractivity contribution is -0.137. The minimum absolute atomic E-state index is 0.0398. The molecule has 1 unspecified atom stereocenters.